The van der Waals surface area contributed by atoms with Gasteiger partial charge < -0.3 is 31.3 Å². The van der Waals surface area contributed by atoms with Gasteiger partial charge in [0.25, 0.3) is 0 Å². The Balaban J connectivity index is 2.02. The number of ether oxygens (including phenoxy) is 1. The molecule has 1 fully saturated rings. The summed E-state index contributed by atoms with van der Waals surface area (Å²) in [5, 5.41) is 20.7. The van der Waals surface area contributed by atoms with Crippen molar-refractivity contribution in [1.29, 1.82) is 0 Å². The minimum atomic E-state index is -1.86. The number of nitrogens with zero attached hydrogens (tertiary/aromatic N) is 5. The quantitative estimate of drug-likeness (QED) is 0.402. The van der Waals surface area contributed by atoms with Crippen LogP contribution < -0.4 is 16.4 Å². The number of fused-ring (bicyclic) bond motifs is 1. The molecule has 3 rings (SSSR count). The Morgan fingerprint density at radius 3 is 2.79 bits per heavy atom. The molecule has 0 aromatic carbocycles. The first-order valence-electron chi connectivity index (χ1n) is 8.64. The van der Waals surface area contributed by atoms with Gasteiger partial charge in [0.1, 0.15) is 24.1 Å². The van der Waals surface area contributed by atoms with Crippen molar-refractivity contribution >= 4 is 34.5 Å². The first kappa shape index (κ1) is 20.9. The van der Waals surface area contributed by atoms with Gasteiger partial charge in [0.15, 0.2) is 29.0 Å². The van der Waals surface area contributed by atoms with Crippen LogP contribution in [0.15, 0.2) is 12.7 Å². The third-order valence-corrected chi connectivity index (χ3v) is 5.60. The maximum absolute atomic E-state index is 12.9. The van der Waals surface area contributed by atoms with E-state index in [0.717, 1.165) is 0 Å². The first-order chi connectivity index (χ1) is 13.3. The Hall–Kier alpha value is -1.83. The summed E-state index contributed by atoms with van der Waals surface area (Å²) in [7, 11) is 3.64. The summed E-state index contributed by atoms with van der Waals surface area (Å²) in [6.45, 7) is -0.549. The number of anilines is 1. The molecule has 0 aliphatic carbocycles. The molecular formula is C16H25N7O4S. The number of carbonyl (C=O) groups excluding carboxylic acids is 1. The Morgan fingerprint density at radius 2 is 2.18 bits per heavy atom. The van der Waals surface area contributed by atoms with Crippen LogP contribution in [0.3, 0.4) is 0 Å². The van der Waals surface area contributed by atoms with Crippen LogP contribution in [0.25, 0.3) is 11.2 Å². The molecule has 28 heavy (non-hydrogen) atoms. The van der Waals surface area contributed by atoms with E-state index >= 15 is 0 Å². The number of aliphatic hydroxyl groups excluding tert-OH is 2. The Morgan fingerprint density at radius 1 is 1.46 bits per heavy atom. The van der Waals surface area contributed by atoms with Gasteiger partial charge in [-0.15, -0.1) is 0 Å². The van der Waals surface area contributed by atoms with E-state index in [0.29, 0.717) is 22.7 Å². The number of hydrogen-bond acceptors (Lipinski definition) is 11. The Bertz CT molecular complexity index is 863. The number of carbonyl (C=O) groups is 1. The molecule has 154 valence electrons. The van der Waals surface area contributed by atoms with E-state index in [1.807, 2.05) is 20.4 Å². The lowest BCUT2D eigenvalue weighted by molar-refractivity contribution is -0.130. The number of thioether (sulfide) groups is 1. The largest absolute Gasteiger partial charge is 0.394 e. The van der Waals surface area contributed by atoms with Crippen LogP contribution in [0.2, 0.25) is 0 Å². The van der Waals surface area contributed by atoms with Crippen molar-refractivity contribution in [2.75, 3.05) is 37.6 Å². The summed E-state index contributed by atoms with van der Waals surface area (Å²) in [5.41, 5.74) is 11.3. The third-order valence-electron chi connectivity index (χ3n) is 4.91. The number of rotatable bonds is 7. The highest BCUT2D eigenvalue weighted by Gasteiger charge is 2.59. The molecule has 0 unspecified atom stereocenters. The third kappa shape index (κ3) is 3.15. The maximum Gasteiger partial charge on any atom is 0.175 e. The van der Waals surface area contributed by atoms with Crippen molar-refractivity contribution in [2.45, 2.75) is 30.0 Å². The second-order valence-electron chi connectivity index (χ2n) is 6.92. The zero-order valence-electron chi connectivity index (χ0n) is 15.9. The van der Waals surface area contributed by atoms with Gasteiger partial charge in [-0.2, -0.15) is 11.8 Å². The van der Waals surface area contributed by atoms with E-state index in [1.54, 1.807) is 4.90 Å². The van der Waals surface area contributed by atoms with Crippen LogP contribution in [0.1, 0.15) is 6.23 Å². The Kier molecular flexibility index (Phi) is 5.89. The zero-order chi connectivity index (χ0) is 20.6. The van der Waals surface area contributed by atoms with E-state index < -0.39 is 42.4 Å². The van der Waals surface area contributed by atoms with E-state index in [1.165, 1.54) is 29.0 Å². The number of aromatic nitrogens is 4. The van der Waals surface area contributed by atoms with E-state index in [2.05, 4.69) is 15.0 Å². The minimum absolute atomic E-state index is 0.334. The van der Waals surface area contributed by atoms with Crippen LogP contribution in [0, 0.1) is 0 Å². The smallest absolute Gasteiger partial charge is 0.175 e. The molecule has 0 spiro atoms. The summed E-state index contributed by atoms with van der Waals surface area (Å²) >= 11 is 1.39. The number of imidazole rings is 1. The SMILES string of the molecule is CSC[C@H](N)C(=O)[C@@]1(N)[C@@H](CO)O[C@@H](n2cnc3c(N(C)C)ncnc32)[C@@H]1O. The van der Waals surface area contributed by atoms with Gasteiger partial charge >= 0.3 is 0 Å². The van der Waals surface area contributed by atoms with Gasteiger partial charge in [0, 0.05) is 19.8 Å². The number of aliphatic hydroxyl groups is 2. The molecule has 11 nitrogen and oxygen atoms in total. The van der Waals surface area contributed by atoms with Crippen LogP contribution in [-0.2, 0) is 9.53 Å². The summed E-state index contributed by atoms with van der Waals surface area (Å²) in [4.78, 5) is 27.4. The van der Waals surface area contributed by atoms with Crippen LogP contribution >= 0.6 is 11.8 Å². The topological polar surface area (TPSA) is 166 Å². The molecule has 0 radical (unpaired) electrons. The molecule has 6 N–H and O–H groups in total. The lowest BCUT2D eigenvalue weighted by atomic mass is 9.82. The molecule has 1 saturated heterocycles. The first-order valence-corrected chi connectivity index (χ1v) is 10.0. The molecular weight excluding hydrogens is 386 g/mol. The summed E-state index contributed by atoms with van der Waals surface area (Å²) in [5.74, 6) is 0.358. The van der Waals surface area contributed by atoms with Crippen molar-refractivity contribution in [3.05, 3.63) is 12.7 Å². The lowest BCUT2D eigenvalue weighted by Gasteiger charge is -2.32. The van der Waals surface area contributed by atoms with Crippen molar-refractivity contribution < 1.29 is 19.7 Å². The molecule has 2 aromatic heterocycles. The standard InChI is InChI=1S/C16H25N7O4S/c1-22(2)13-10-14(20-6-19-13)23(7-21-10)15-12(26)16(18,9(4-24)27-15)11(25)8(17)5-28-3/h6-9,12,15,24,26H,4-5,17-18H2,1-3H3/t8-,9+,12-,15+,16-/m0/s1. The van der Waals surface area contributed by atoms with Gasteiger partial charge in [0.05, 0.1) is 19.0 Å². The molecule has 1 aliphatic heterocycles. The van der Waals surface area contributed by atoms with Crippen molar-refractivity contribution in [1.82, 2.24) is 19.5 Å². The zero-order valence-corrected chi connectivity index (χ0v) is 16.7. The van der Waals surface area contributed by atoms with Gasteiger partial charge in [-0.1, -0.05) is 0 Å². The van der Waals surface area contributed by atoms with Crippen molar-refractivity contribution in [3.8, 4) is 0 Å². The van der Waals surface area contributed by atoms with E-state index in [4.69, 9.17) is 16.2 Å². The second kappa shape index (κ2) is 7.89. The number of nitrogens with two attached hydrogens (primary N) is 2. The monoisotopic (exact) mass is 411 g/mol. The number of Topliss-reactive ketones (excluding diaryl/α,β-unsaturated/α-hetero) is 1. The average molecular weight is 411 g/mol. The predicted molar refractivity (Wildman–Crippen MR) is 105 cm³/mol. The van der Waals surface area contributed by atoms with Crippen molar-refractivity contribution in [3.63, 3.8) is 0 Å². The summed E-state index contributed by atoms with van der Waals surface area (Å²) in [6.07, 6.45) is 0.968. The van der Waals surface area contributed by atoms with Crippen molar-refractivity contribution in [2.24, 2.45) is 11.5 Å². The highest BCUT2D eigenvalue weighted by Crippen LogP contribution is 2.38. The van der Waals surface area contributed by atoms with Crippen LogP contribution in [0.4, 0.5) is 5.82 Å². The lowest BCUT2D eigenvalue weighted by Crippen LogP contribution is -2.66. The Labute approximate surface area is 166 Å². The number of ketones is 1. The number of hydrogen-bond donors (Lipinski definition) is 4. The van der Waals surface area contributed by atoms with E-state index in [-0.39, 0.29) is 0 Å². The molecule has 2 aromatic rings. The van der Waals surface area contributed by atoms with Gasteiger partial charge in [-0.05, 0) is 6.26 Å². The minimum Gasteiger partial charge on any atom is -0.394 e. The van der Waals surface area contributed by atoms with E-state index in [9.17, 15) is 15.0 Å². The normalized spacial score (nSPS) is 28.6. The summed E-state index contributed by atoms with van der Waals surface area (Å²) in [6, 6.07) is -0.895. The van der Waals surface area contributed by atoms with Crippen LogP contribution in [-0.4, -0.2) is 92.0 Å². The fourth-order valence-corrected chi connectivity index (χ4v) is 3.94. The van der Waals surface area contributed by atoms with Crippen LogP contribution in [0.5, 0.6) is 0 Å². The molecule has 3 heterocycles. The molecule has 0 amide bonds. The van der Waals surface area contributed by atoms with Gasteiger partial charge in [-0.3, -0.25) is 9.36 Å². The molecule has 0 bridgehead atoms. The molecule has 5 atom stereocenters. The summed E-state index contributed by atoms with van der Waals surface area (Å²) < 4.78 is 7.27. The fraction of sp³-hybridized carbons (Fsp3) is 0.625. The van der Waals surface area contributed by atoms with Gasteiger partial charge in [-0.25, -0.2) is 15.0 Å². The average Bonchev–Trinajstić information content (AvgIpc) is 3.21. The molecule has 1 aliphatic rings. The highest BCUT2D eigenvalue weighted by atomic mass is 32.2. The predicted octanol–water partition coefficient (Wildman–Crippen LogP) is -1.90. The highest BCUT2D eigenvalue weighted by molar-refractivity contribution is 7.98. The molecule has 12 heteroatoms. The molecule has 0 saturated carbocycles. The maximum atomic E-state index is 12.9. The van der Waals surface area contributed by atoms with Gasteiger partial charge in [0.2, 0.25) is 0 Å². The second-order valence-corrected chi connectivity index (χ2v) is 7.83. The fourth-order valence-electron chi connectivity index (χ4n) is 3.43.